The van der Waals surface area contributed by atoms with Gasteiger partial charge in [0.1, 0.15) is 11.3 Å². The summed E-state index contributed by atoms with van der Waals surface area (Å²) in [7, 11) is 1.17. The molecular weight excluding hydrogens is 323 g/mol. The first-order valence-corrected chi connectivity index (χ1v) is 6.28. The quantitative estimate of drug-likeness (QED) is 0.795. The van der Waals surface area contributed by atoms with Crippen LogP contribution in [-0.2, 0) is 4.74 Å². The van der Waals surface area contributed by atoms with Crippen molar-refractivity contribution in [1.82, 2.24) is 4.98 Å². The minimum atomic E-state index is -4.81. The molecule has 0 saturated carbocycles. The third-order valence-corrected chi connectivity index (χ3v) is 2.95. The molecule has 0 aliphatic carbocycles. The molecule has 0 atom stereocenters. The second kappa shape index (κ2) is 6.23. The van der Waals surface area contributed by atoms with Gasteiger partial charge in [-0.3, -0.25) is 4.98 Å². The first kappa shape index (κ1) is 16.1. The minimum absolute atomic E-state index is 0.0316. The molecule has 0 bridgehead atoms. The lowest BCUT2D eigenvalue weighted by Crippen LogP contribution is -2.17. The molecule has 0 unspecified atom stereocenters. The van der Waals surface area contributed by atoms with Crippen LogP contribution >= 0.6 is 11.6 Å². The van der Waals surface area contributed by atoms with Crippen molar-refractivity contribution >= 4 is 17.6 Å². The van der Waals surface area contributed by atoms with Crippen LogP contribution in [0, 0.1) is 0 Å². The molecule has 0 aliphatic rings. The number of hydrogen-bond donors (Lipinski definition) is 0. The van der Waals surface area contributed by atoms with E-state index in [1.807, 2.05) is 0 Å². The molecule has 0 aliphatic heterocycles. The van der Waals surface area contributed by atoms with Crippen LogP contribution in [0.3, 0.4) is 0 Å². The van der Waals surface area contributed by atoms with E-state index in [1.54, 1.807) is 0 Å². The zero-order valence-corrected chi connectivity index (χ0v) is 11.9. The summed E-state index contributed by atoms with van der Waals surface area (Å²) in [5.41, 5.74) is 0.312. The van der Waals surface area contributed by atoms with E-state index in [9.17, 15) is 18.0 Å². The summed E-state index contributed by atoms with van der Waals surface area (Å²) in [4.78, 5) is 15.8. The molecular formula is C14H9ClF3NO3. The van der Waals surface area contributed by atoms with Gasteiger partial charge < -0.3 is 9.47 Å². The van der Waals surface area contributed by atoms with Gasteiger partial charge >= 0.3 is 12.3 Å². The molecule has 2 aromatic rings. The molecule has 0 fully saturated rings. The summed E-state index contributed by atoms with van der Waals surface area (Å²) in [6.45, 7) is 0. The highest BCUT2D eigenvalue weighted by Gasteiger charge is 2.31. The van der Waals surface area contributed by atoms with Crippen molar-refractivity contribution in [2.45, 2.75) is 6.36 Å². The Balaban J connectivity index is 2.51. The smallest absolute Gasteiger partial charge is 0.465 e. The monoisotopic (exact) mass is 331 g/mol. The van der Waals surface area contributed by atoms with Gasteiger partial charge in [-0.25, -0.2) is 4.79 Å². The number of ether oxygens (including phenoxy) is 2. The van der Waals surface area contributed by atoms with E-state index in [2.05, 4.69) is 14.5 Å². The Morgan fingerprint density at radius 2 is 2.00 bits per heavy atom. The van der Waals surface area contributed by atoms with E-state index in [4.69, 9.17) is 11.6 Å². The number of halogens is 4. The van der Waals surface area contributed by atoms with Gasteiger partial charge in [-0.1, -0.05) is 23.7 Å². The van der Waals surface area contributed by atoms with Crippen LogP contribution in [0.2, 0.25) is 5.02 Å². The van der Waals surface area contributed by atoms with Crippen LogP contribution in [-0.4, -0.2) is 24.4 Å². The van der Waals surface area contributed by atoms with Crippen LogP contribution in [0.4, 0.5) is 13.2 Å². The van der Waals surface area contributed by atoms with Gasteiger partial charge in [-0.05, 0) is 18.2 Å². The predicted octanol–water partition coefficient (Wildman–Crippen LogP) is 4.09. The summed E-state index contributed by atoms with van der Waals surface area (Å²) in [6, 6.07) is 6.46. The number of benzene rings is 1. The highest BCUT2D eigenvalue weighted by atomic mass is 35.5. The highest BCUT2D eigenvalue weighted by Crippen LogP contribution is 2.31. The Labute approximate surface area is 128 Å². The number of nitrogens with zero attached hydrogens (tertiary/aromatic N) is 1. The van der Waals surface area contributed by atoms with Crippen LogP contribution in [0.5, 0.6) is 5.75 Å². The van der Waals surface area contributed by atoms with Crippen LogP contribution in [0.15, 0.2) is 36.5 Å². The van der Waals surface area contributed by atoms with Gasteiger partial charge in [0.2, 0.25) is 0 Å². The number of carbonyl (C=O) groups is 1. The van der Waals surface area contributed by atoms with Crippen molar-refractivity contribution in [2.24, 2.45) is 0 Å². The molecule has 8 heteroatoms. The molecule has 0 radical (unpaired) electrons. The fourth-order valence-corrected chi connectivity index (χ4v) is 2.02. The van der Waals surface area contributed by atoms with E-state index < -0.39 is 18.1 Å². The molecule has 1 aromatic carbocycles. The molecule has 1 heterocycles. The number of pyridine rings is 1. The molecule has 2 rings (SSSR count). The van der Waals surface area contributed by atoms with Crippen LogP contribution in [0.25, 0.3) is 11.3 Å². The topological polar surface area (TPSA) is 48.4 Å². The zero-order valence-electron chi connectivity index (χ0n) is 11.1. The van der Waals surface area contributed by atoms with Gasteiger partial charge in [-0.15, -0.1) is 13.2 Å². The van der Waals surface area contributed by atoms with Crippen molar-refractivity contribution < 1.29 is 27.4 Å². The van der Waals surface area contributed by atoms with E-state index in [-0.39, 0.29) is 21.8 Å². The molecule has 4 nitrogen and oxygen atoms in total. The van der Waals surface area contributed by atoms with E-state index in [0.717, 1.165) is 12.1 Å². The maximum atomic E-state index is 12.3. The second-order valence-corrected chi connectivity index (χ2v) is 4.49. The van der Waals surface area contributed by atoms with Crippen molar-refractivity contribution in [1.29, 1.82) is 0 Å². The largest absolute Gasteiger partial charge is 0.573 e. The van der Waals surface area contributed by atoms with Crippen molar-refractivity contribution in [3.8, 4) is 17.0 Å². The van der Waals surface area contributed by atoms with Gasteiger partial charge in [0.25, 0.3) is 0 Å². The maximum absolute atomic E-state index is 12.3. The van der Waals surface area contributed by atoms with Crippen LogP contribution in [0.1, 0.15) is 10.4 Å². The SMILES string of the molecule is COC(=O)c1c(Cl)ccnc1-c1cccc(OC(F)(F)F)c1. The summed E-state index contributed by atoms with van der Waals surface area (Å²) < 4.78 is 45.3. The maximum Gasteiger partial charge on any atom is 0.573 e. The Morgan fingerprint density at radius 1 is 1.27 bits per heavy atom. The zero-order chi connectivity index (χ0) is 16.3. The lowest BCUT2D eigenvalue weighted by Gasteiger charge is -2.12. The van der Waals surface area contributed by atoms with E-state index in [1.165, 1.54) is 31.5 Å². The third-order valence-electron chi connectivity index (χ3n) is 2.63. The number of alkyl halides is 3. The van der Waals surface area contributed by atoms with Crippen LogP contribution < -0.4 is 4.74 Å². The average Bonchev–Trinajstić information content (AvgIpc) is 2.44. The predicted molar refractivity (Wildman–Crippen MR) is 72.7 cm³/mol. The number of carbonyl (C=O) groups excluding carboxylic acids is 1. The number of rotatable bonds is 3. The van der Waals surface area contributed by atoms with Crippen molar-refractivity contribution in [3.05, 3.63) is 47.1 Å². The van der Waals surface area contributed by atoms with Crippen molar-refractivity contribution in [2.75, 3.05) is 7.11 Å². The van der Waals surface area contributed by atoms with Crippen molar-refractivity contribution in [3.63, 3.8) is 0 Å². The van der Waals surface area contributed by atoms with Gasteiger partial charge in [0, 0.05) is 11.8 Å². The van der Waals surface area contributed by atoms with Gasteiger partial charge in [0.05, 0.1) is 17.8 Å². The number of methoxy groups -OCH3 is 1. The average molecular weight is 332 g/mol. The first-order valence-electron chi connectivity index (χ1n) is 5.91. The van der Waals surface area contributed by atoms with Gasteiger partial charge in [0.15, 0.2) is 0 Å². The molecule has 0 N–H and O–H groups in total. The molecule has 116 valence electrons. The standard InChI is InChI=1S/C14H9ClF3NO3/c1-21-13(20)11-10(15)5-6-19-12(11)8-3-2-4-9(7-8)22-14(16,17)18/h2-7H,1H3. The Bertz CT molecular complexity index is 704. The molecule has 22 heavy (non-hydrogen) atoms. The molecule has 0 amide bonds. The van der Waals surface area contributed by atoms with Gasteiger partial charge in [-0.2, -0.15) is 0 Å². The number of esters is 1. The Morgan fingerprint density at radius 3 is 2.64 bits per heavy atom. The lowest BCUT2D eigenvalue weighted by molar-refractivity contribution is -0.274. The molecule has 0 saturated heterocycles. The second-order valence-electron chi connectivity index (χ2n) is 4.08. The Kier molecular flexibility index (Phi) is 4.56. The molecule has 0 spiro atoms. The fourth-order valence-electron chi connectivity index (χ4n) is 1.79. The molecule has 1 aromatic heterocycles. The normalized spacial score (nSPS) is 11.1. The minimum Gasteiger partial charge on any atom is -0.465 e. The fraction of sp³-hybridized carbons (Fsp3) is 0.143. The summed E-state index contributed by atoms with van der Waals surface area (Å²) in [5.74, 6) is -1.17. The third kappa shape index (κ3) is 3.67. The number of hydrogen-bond acceptors (Lipinski definition) is 4. The lowest BCUT2D eigenvalue weighted by atomic mass is 10.1. The van der Waals surface area contributed by atoms with E-state index >= 15 is 0 Å². The van der Waals surface area contributed by atoms with E-state index in [0.29, 0.717) is 0 Å². The number of aromatic nitrogens is 1. The highest BCUT2D eigenvalue weighted by molar-refractivity contribution is 6.34. The summed E-state index contributed by atoms with van der Waals surface area (Å²) in [6.07, 6.45) is -3.48. The first-order chi connectivity index (χ1) is 10.3. The summed E-state index contributed by atoms with van der Waals surface area (Å²) >= 11 is 5.95. The summed E-state index contributed by atoms with van der Waals surface area (Å²) in [5, 5.41) is 0.0824. The Hall–Kier alpha value is -2.28.